The van der Waals surface area contributed by atoms with E-state index in [0.717, 1.165) is 42.0 Å². The molecule has 3 aromatic heterocycles. The first kappa shape index (κ1) is 15.2. The van der Waals surface area contributed by atoms with Gasteiger partial charge in [0.25, 0.3) is 5.91 Å². The largest absolute Gasteiger partial charge is 0.340 e. The van der Waals surface area contributed by atoms with Crippen molar-refractivity contribution >= 4 is 27.6 Å². The van der Waals surface area contributed by atoms with E-state index in [1.807, 2.05) is 17.0 Å². The van der Waals surface area contributed by atoms with Crippen LogP contribution in [-0.4, -0.2) is 44.0 Å². The summed E-state index contributed by atoms with van der Waals surface area (Å²) >= 11 is 1.35. The number of amides is 1. The molecule has 0 spiro atoms. The fraction of sp³-hybridized carbons (Fsp3) is 0.438. The lowest BCUT2D eigenvalue weighted by Crippen LogP contribution is -2.40. The van der Waals surface area contributed by atoms with E-state index in [-0.39, 0.29) is 5.91 Å². The molecule has 0 aromatic carbocycles. The lowest BCUT2D eigenvalue weighted by molar-refractivity contribution is 0.0671. The highest BCUT2D eigenvalue weighted by molar-refractivity contribution is 7.19. The van der Waals surface area contributed by atoms with Crippen molar-refractivity contribution in [3.05, 3.63) is 35.1 Å². The Morgan fingerprint density at radius 2 is 2.38 bits per heavy atom. The number of rotatable bonds is 3. The van der Waals surface area contributed by atoms with Gasteiger partial charge in [-0.2, -0.15) is 4.98 Å². The number of carbonyl (C=O) groups excluding carboxylic acids is 1. The summed E-state index contributed by atoms with van der Waals surface area (Å²) in [4.78, 5) is 28.4. The van der Waals surface area contributed by atoms with Gasteiger partial charge in [0.15, 0.2) is 10.8 Å². The minimum Gasteiger partial charge on any atom is -0.340 e. The Kier molecular flexibility index (Phi) is 3.97. The Hall–Kier alpha value is -2.35. The third-order valence-electron chi connectivity index (χ3n) is 4.20. The number of carbonyl (C=O) groups is 1. The predicted octanol–water partition coefficient (Wildman–Crippen LogP) is 2.48. The smallest absolute Gasteiger partial charge is 0.282 e. The second-order valence-corrected chi connectivity index (χ2v) is 7.02. The number of likely N-dealkylation sites (tertiary alicyclic amines) is 1. The molecular weight excluding hydrogens is 326 g/mol. The second-order valence-electron chi connectivity index (χ2n) is 6.04. The monoisotopic (exact) mass is 343 g/mol. The minimum absolute atomic E-state index is 0.00741. The topological polar surface area (TPSA) is 85.0 Å². The van der Waals surface area contributed by atoms with Crippen molar-refractivity contribution in [2.45, 2.75) is 26.2 Å². The molecule has 4 rings (SSSR count). The molecular formula is C16H17N5O2S. The third-order valence-corrected chi connectivity index (χ3v) is 5.16. The Balaban J connectivity index is 1.47. The Morgan fingerprint density at radius 3 is 3.17 bits per heavy atom. The third kappa shape index (κ3) is 3.01. The van der Waals surface area contributed by atoms with Crippen LogP contribution >= 0.6 is 11.3 Å². The molecule has 8 heteroatoms. The van der Waals surface area contributed by atoms with Crippen LogP contribution in [0, 0.1) is 12.8 Å². The SMILES string of the molecule is Cc1nc(C[C@H]2CCCN(C(=O)c3nc4cccnc4s3)C2)no1. The zero-order chi connectivity index (χ0) is 16.5. The molecule has 124 valence electrons. The molecule has 1 fully saturated rings. The Morgan fingerprint density at radius 1 is 1.46 bits per heavy atom. The summed E-state index contributed by atoms with van der Waals surface area (Å²) in [5.74, 6) is 1.64. The molecule has 1 aliphatic heterocycles. The average molecular weight is 343 g/mol. The van der Waals surface area contributed by atoms with Gasteiger partial charge in [-0.1, -0.05) is 16.5 Å². The van der Waals surface area contributed by atoms with Crippen molar-refractivity contribution in [3.8, 4) is 0 Å². The van der Waals surface area contributed by atoms with Gasteiger partial charge >= 0.3 is 0 Å². The lowest BCUT2D eigenvalue weighted by Gasteiger charge is -2.31. The van der Waals surface area contributed by atoms with Crippen LogP contribution in [0.25, 0.3) is 10.3 Å². The van der Waals surface area contributed by atoms with Gasteiger partial charge in [-0.05, 0) is 30.9 Å². The number of hydrogen-bond acceptors (Lipinski definition) is 7. The van der Waals surface area contributed by atoms with Gasteiger partial charge in [-0.3, -0.25) is 4.79 Å². The first-order valence-corrected chi connectivity index (χ1v) is 8.81. The van der Waals surface area contributed by atoms with E-state index in [1.165, 1.54) is 11.3 Å². The number of piperidine rings is 1. The molecule has 0 bridgehead atoms. The molecule has 0 N–H and O–H groups in total. The maximum atomic E-state index is 12.8. The molecule has 0 aliphatic carbocycles. The summed E-state index contributed by atoms with van der Waals surface area (Å²) in [6, 6.07) is 3.72. The van der Waals surface area contributed by atoms with E-state index in [4.69, 9.17) is 4.52 Å². The number of nitrogens with zero attached hydrogens (tertiary/aromatic N) is 5. The van der Waals surface area contributed by atoms with Gasteiger partial charge in [-0.15, -0.1) is 0 Å². The van der Waals surface area contributed by atoms with Crippen molar-refractivity contribution in [1.82, 2.24) is 25.0 Å². The van der Waals surface area contributed by atoms with Crippen molar-refractivity contribution in [2.75, 3.05) is 13.1 Å². The van der Waals surface area contributed by atoms with Gasteiger partial charge in [0.05, 0.1) is 0 Å². The van der Waals surface area contributed by atoms with Crippen molar-refractivity contribution in [3.63, 3.8) is 0 Å². The molecule has 1 amide bonds. The van der Waals surface area contributed by atoms with E-state index in [2.05, 4.69) is 20.1 Å². The van der Waals surface area contributed by atoms with Crippen molar-refractivity contribution in [2.24, 2.45) is 5.92 Å². The standard InChI is InChI=1S/C16H17N5O2S/c1-10-18-13(20-23-10)8-11-4-3-7-21(9-11)16(22)15-19-12-5-2-6-17-14(12)24-15/h2,5-6,11H,3-4,7-9H2,1H3/t11-/m1/s1. The molecule has 0 radical (unpaired) electrons. The van der Waals surface area contributed by atoms with Crippen LogP contribution in [0.1, 0.15) is 34.4 Å². The highest BCUT2D eigenvalue weighted by Gasteiger charge is 2.27. The normalized spacial score (nSPS) is 18.2. The van der Waals surface area contributed by atoms with Gasteiger partial charge in [0.1, 0.15) is 10.3 Å². The van der Waals surface area contributed by atoms with Crippen LogP contribution in [0.3, 0.4) is 0 Å². The summed E-state index contributed by atoms with van der Waals surface area (Å²) < 4.78 is 5.03. The summed E-state index contributed by atoms with van der Waals surface area (Å²) in [6.07, 6.45) is 4.51. The van der Waals surface area contributed by atoms with Gasteiger partial charge in [-0.25, -0.2) is 9.97 Å². The number of aromatic nitrogens is 4. The van der Waals surface area contributed by atoms with Crippen LogP contribution in [0.5, 0.6) is 0 Å². The van der Waals surface area contributed by atoms with Crippen LogP contribution in [0.4, 0.5) is 0 Å². The summed E-state index contributed by atoms with van der Waals surface area (Å²) in [5.41, 5.74) is 0.779. The van der Waals surface area contributed by atoms with Gasteiger partial charge in [0.2, 0.25) is 5.89 Å². The highest BCUT2D eigenvalue weighted by atomic mass is 32.1. The quantitative estimate of drug-likeness (QED) is 0.726. The summed E-state index contributed by atoms with van der Waals surface area (Å²) in [7, 11) is 0. The molecule has 0 saturated carbocycles. The lowest BCUT2D eigenvalue weighted by atomic mass is 9.94. The number of hydrogen-bond donors (Lipinski definition) is 0. The average Bonchev–Trinajstić information content (AvgIpc) is 3.20. The zero-order valence-electron chi connectivity index (χ0n) is 13.3. The van der Waals surface area contributed by atoms with Crippen LogP contribution in [0.2, 0.25) is 0 Å². The van der Waals surface area contributed by atoms with Crippen molar-refractivity contribution < 1.29 is 9.32 Å². The fourth-order valence-corrected chi connectivity index (χ4v) is 3.97. The predicted molar refractivity (Wildman–Crippen MR) is 88.8 cm³/mol. The maximum absolute atomic E-state index is 12.8. The van der Waals surface area contributed by atoms with E-state index in [0.29, 0.717) is 23.4 Å². The second kappa shape index (κ2) is 6.27. The van der Waals surface area contributed by atoms with Crippen LogP contribution < -0.4 is 0 Å². The van der Waals surface area contributed by atoms with Crippen molar-refractivity contribution in [1.29, 1.82) is 0 Å². The molecule has 3 aromatic rings. The van der Waals surface area contributed by atoms with Gasteiger partial charge < -0.3 is 9.42 Å². The molecule has 1 aliphatic rings. The van der Waals surface area contributed by atoms with E-state index in [9.17, 15) is 4.79 Å². The Labute approximate surface area is 142 Å². The van der Waals surface area contributed by atoms with E-state index >= 15 is 0 Å². The van der Waals surface area contributed by atoms with Gasteiger partial charge in [0, 0.05) is 32.6 Å². The minimum atomic E-state index is -0.00741. The number of aryl methyl sites for hydroxylation is 1. The molecule has 24 heavy (non-hydrogen) atoms. The zero-order valence-corrected chi connectivity index (χ0v) is 14.1. The molecule has 0 unspecified atom stereocenters. The molecule has 1 atom stereocenters. The van der Waals surface area contributed by atoms with E-state index < -0.39 is 0 Å². The van der Waals surface area contributed by atoms with Crippen LogP contribution in [-0.2, 0) is 6.42 Å². The number of thiazole rings is 1. The van der Waals surface area contributed by atoms with Crippen LogP contribution in [0.15, 0.2) is 22.9 Å². The Bertz CT molecular complexity index is 841. The highest BCUT2D eigenvalue weighted by Crippen LogP contribution is 2.25. The number of fused-ring (bicyclic) bond motifs is 1. The summed E-state index contributed by atoms with van der Waals surface area (Å²) in [6.45, 7) is 3.26. The molecule has 7 nitrogen and oxygen atoms in total. The summed E-state index contributed by atoms with van der Waals surface area (Å²) in [5, 5.41) is 4.47. The molecule has 1 saturated heterocycles. The fourth-order valence-electron chi connectivity index (χ4n) is 3.10. The molecule has 4 heterocycles. The number of pyridine rings is 1. The first-order chi connectivity index (χ1) is 11.7. The van der Waals surface area contributed by atoms with E-state index in [1.54, 1.807) is 13.1 Å². The first-order valence-electron chi connectivity index (χ1n) is 7.99. The maximum Gasteiger partial charge on any atom is 0.282 e.